The van der Waals surface area contributed by atoms with Crippen LogP contribution >= 0.6 is 23.2 Å². The number of nitrogens with zero attached hydrogens (tertiary/aromatic N) is 2. The van der Waals surface area contributed by atoms with Gasteiger partial charge in [0.15, 0.2) is 0 Å². The second kappa shape index (κ2) is 14.4. The molecule has 1 atom stereocenters. The van der Waals surface area contributed by atoms with Crippen LogP contribution in [0.3, 0.4) is 0 Å². The molecule has 0 heterocycles. The fourth-order valence-corrected chi connectivity index (χ4v) is 6.56. The van der Waals surface area contributed by atoms with Gasteiger partial charge in [0.25, 0.3) is 0 Å². The van der Waals surface area contributed by atoms with Gasteiger partial charge in [-0.1, -0.05) is 84.9 Å². The van der Waals surface area contributed by atoms with Crippen molar-refractivity contribution < 1.29 is 22.4 Å². The number of hydrogen-bond donors (Lipinski definition) is 1. The van der Waals surface area contributed by atoms with E-state index in [2.05, 4.69) is 5.32 Å². The third-order valence-corrected chi connectivity index (χ3v) is 9.24. The van der Waals surface area contributed by atoms with Crippen LogP contribution in [0.2, 0.25) is 10.0 Å². The molecule has 0 aliphatic heterocycles. The number of halogens is 3. The van der Waals surface area contributed by atoms with E-state index < -0.39 is 34.3 Å². The Kier molecular flexibility index (Phi) is 10.9. The van der Waals surface area contributed by atoms with Crippen LogP contribution < -0.4 is 9.62 Å². The molecule has 0 radical (unpaired) electrons. The van der Waals surface area contributed by atoms with Crippen molar-refractivity contribution in [2.24, 2.45) is 0 Å². The largest absolute Gasteiger partial charge is 0.352 e. The summed E-state index contributed by atoms with van der Waals surface area (Å²) < 4.78 is 40.6. The van der Waals surface area contributed by atoms with Gasteiger partial charge in [-0.3, -0.25) is 13.9 Å². The van der Waals surface area contributed by atoms with Crippen LogP contribution in [-0.2, 0) is 32.6 Å². The van der Waals surface area contributed by atoms with Crippen molar-refractivity contribution >= 4 is 50.7 Å². The van der Waals surface area contributed by atoms with E-state index in [9.17, 15) is 22.4 Å². The lowest BCUT2D eigenvalue weighted by Crippen LogP contribution is -2.55. The van der Waals surface area contributed by atoms with Gasteiger partial charge in [-0.15, -0.1) is 0 Å². The summed E-state index contributed by atoms with van der Waals surface area (Å²) in [5, 5.41) is 3.74. The summed E-state index contributed by atoms with van der Waals surface area (Å²) in [5.74, 6) is -1.67. The summed E-state index contributed by atoms with van der Waals surface area (Å²) in [7, 11) is -4.01. The van der Waals surface area contributed by atoms with E-state index in [1.165, 1.54) is 23.1 Å². The van der Waals surface area contributed by atoms with Gasteiger partial charge >= 0.3 is 0 Å². The maximum absolute atomic E-state index is 14.2. The Balaban J connectivity index is 1.76. The van der Waals surface area contributed by atoms with Crippen LogP contribution in [0, 0.1) is 5.82 Å². The van der Waals surface area contributed by atoms with Crippen molar-refractivity contribution in [2.45, 2.75) is 57.2 Å². The molecule has 1 N–H and O–H groups in total. The first-order valence-corrected chi connectivity index (χ1v) is 16.4. The smallest absolute Gasteiger partial charge is 0.244 e. The van der Waals surface area contributed by atoms with Gasteiger partial charge < -0.3 is 10.2 Å². The Morgan fingerprint density at radius 2 is 1.60 bits per heavy atom. The summed E-state index contributed by atoms with van der Waals surface area (Å²) >= 11 is 13.0. The number of anilines is 1. The number of rotatable bonds is 11. The molecule has 11 heteroatoms. The highest BCUT2D eigenvalue weighted by atomic mass is 35.5. The molecule has 1 aliphatic rings. The highest BCUT2D eigenvalue weighted by Gasteiger charge is 2.34. The van der Waals surface area contributed by atoms with Crippen LogP contribution in [-0.4, -0.2) is 50.0 Å². The summed E-state index contributed by atoms with van der Waals surface area (Å²) in [5.41, 5.74) is 1.23. The maximum Gasteiger partial charge on any atom is 0.244 e. The van der Waals surface area contributed by atoms with Crippen LogP contribution in [0.1, 0.15) is 43.2 Å². The predicted molar refractivity (Wildman–Crippen MR) is 165 cm³/mol. The SMILES string of the molecule is CS(=O)(=O)N(CC(=O)N(Cc1c(Cl)cccc1Cl)[C@@H](Cc1ccccc1)C(=O)NC1CCCCC1)c1cccc(F)c1. The van der Waals surface area contributed by atoms with Gasteiger partial charge in [0.05, 0.1) is 11.9 Å². The molecular weight excluding hydrogens is 600 g/mol. The minimum absolute atomic E-state index is 0.00663. The molecule has 0 aromatic heterocycles. The van der Waals surface area contributed by atoms with E-state index in [0.717, 1.165) is 54.3 Å². The van der Waals surface area contributed by atoms with Gasteiger partial charge in [-0.25, -0.2) is 12.8 Å². The molecule has 0 spiro atoms. The number of nitrogens with one attached hydrogen (secondary N) is 1. The Hall–Kier alpha value is -3.14. The van der Waals surface area contributed by atoms with Gasteiger partial charge in [-0.05, 0) is 48.7 Å². The number of carbonyl (C=O) groups excluding carboxylic acids is 2. The number of amides is 2. The second-order valence-corrected chi connectivity index (χ2v) is 13.2. The van der Waals surface area contributed by atoms with Crippen LogP contribution in [0.15, 0.2) is 72.8 Å². The molecule has 1 saturated carbocycles. The number of benzene rings is 3. The van der Waals surface area contributed by atoms with Crippen molar-refractivity contribution in [3.05, 3.63) is 99.8 Å². The number of sulfonamides is 1. The van der Waals surface area contributed by atoms with Crippen molar-refractivity contribution in [1.29, 1.82) is 0 Å². The van der Waals surface area contributed by atoms with Crippen LogP contribution in [0.25, 0.3) is 0 Å². The normalized spacial score (nSPS) is 14.7. The lowest BCUT2D eigenvalue weighted by molar-refractivity contribution is -0.140. The highest BCUT2D eigenvalue weighted by Crippen LogP contribution is 2.28. The zero-order valence-corrected chi connectivity index (χ0v) is 25.6. The average Bonchev–Trinajstić information content (AvgIpc) is 2.95. The van der Waals surface area contributed by atoms with E-state index in [-0.39, 0.29) is 30.6 Å². The minimum Gasteiger partial charge on any atom is -0.352 e. The first kappa shape index (κ1) is 31.8. The standard InChI is InChI=1S/C31H34Cl2FN3O4S/c1-42(40,41)37(25-15-8-12-23(34)19-25)21-30(38)36(20-26-27(32)16-9-17-28(26)33)29(18-22-10-4-2-5-11-22)31(39)35-24-13-6-3-7-14-24/h2,4-5,8-12,15-17,19,24,29H,3,6-7,13-14,18,20-21H2,1H3,(H,35,39)/t29-/m0/s1. The van der Waals surface area contributed by atoms with Gasteiger partial charge in [0, 0.05) is 34.6 Å². The monoisotopic (exact) mass is 633 g/mol. The number of hydrogen-bond acceptors (Lipinski definition) is 4. The molecule has 2 amide bonds. The average molecular weight is 635 g/mol. The fraction of sp³-hybridized carbons (Fsp3) is 0.355. The first-order chi connectivity index (χ1) is 20.0. The van der Waals surface area contributed by atoms with Crippen molar-refractivity contribution in [3.63, 3.8) is 0 Å². The van der Waals surface area contributed by atoms with Gasteiger partial charge in [0.2, 0.25) is 21.8 Å². The summed E-state index contributed by atoms with van der Waals surface area (Å²) in [6, 6.07) is 18.2. The predicted octanol–water partition coefficient (Wildman–Crippen LogP) is 5.99. The van der Waals surface area contributed by atoms with Gasteiger partial charge in [0.1, 0.15) is 18.4 Å². The molecule has 3 aromatic rings. The minimum atomic E-state index is -4.01. The molecule has 42 heavy (non-hydrogen) atoms. The first-order valence-electron chi connectivity index (χ1n) is 13.8. The Morgan fingerprint density at radius 1 is 0.952 bits per heavy atom. The molecule has 0 unspecified atom stereocenters. The van der Waals surface area contributed by atoms with Gasteiger partial charge in [-0.2, -0.15) is 0 Å². The third-order valence-electron chi connectivity index (χ3n) is 7.39. The quantitative estimate of drug-likeness (QED) is 0.281. The molecule has 4 rings (SSSR count). The van der Waals surface area contributed by atoms with E-state index in [1.54, 1.807) is 18.2 Å². The molecule has 3 aromatic carbocycles. The molecule has 7 nitrogen and oxygen atoms in total. The fourth-order valence-electron chi connectivity index (χ4n) is 5.20. The van der Waals surface area contributed by atoms with Crippen molar-refractivity contribution in [1.82, 2.24) is 10.2 Å². The van der Waals surface area contributed by atoms with Crippen LogP contribution in [0.5, 0.6) is 0 Å². The zero-order valence-electron chi connectivity index (χ0n) is 23.3. The molecule has 1 aliphatic carbocycles. The maximum atomic E-state index is 14.2. The molecule has 1 fully saturated rings. The lowest BCUT2D eigenvalue weighted by Gasteiger charge is -2.35. The van der Waals surface area contributed by atoms with E-state index in [0.29, 0.717) is 15.6 Å². The molecule has 224 valence electrons. The molecule has 0 bridgehead atoms. The number of carbonyl (C=O) groups is 2. The van der Waals surface area contributed by atoms with Crippen molar-refractivity contribution in [3.8, 4) is 0 Å². The second-order valence-electron chi connectivity index (χ2n) is 10.5. The third kappa shape index (κ3) is 8.46. The summed E-state index contributed by atoms with van der Waals surface area (Å²) in [4.78, 5) is 29.5. The van der Waals surface area contributed by atoms with E-state index >= 15 is 0 Å². The summed E-state index contributed by atoms with van der Waals surface area (Å²) in [6.07, 6.45) is 5.91. The highest BCUT2D eigenvalue weighted by molar-refractivity contribution is 7.92. The summed E-state index contributed by atoms with van der Waals surface area (Å²) in [6.45, 7) is -0.806. The van der Waals surface area contributed by atoms with E-state index in [1.807, 2.05) is 30.3 Å². The lowest BCUT2D eigenvalue weighted by atomic mass is 9.94. The Labute approximate surface area is 256 Å². The Morgan fingerprint density at radius 3 is 2.21 bits per heavy atom. The zero-order chi connectivity index (χ0) is 30.3. The topological polar surface area (TPSA) is 86.8 Å². The Bertz CT molecular complexity index is 1480. The van der Waals surface area contributed by atoms with Crippen LogP contribution in [0.4, 0.5) is 10.1 Å². The molecule has 0 saturated heterocycles. The molecular formula is C31H34Cl2FN3O4S. The van der Waals surface area contributed by atoms with Crippen molar-refractivity contribution in [2.75, 3.05) is 17.1 Å². The van der Waals surface area contributed by atoms with E-state index in [4.69, 9.17) is 23.2 Å².